The van der Waals surface area contributed by atoms with Crippen molar-refractivity contribution in [2.75, 3.05) is 0 Å². The third-order valence-corrected chi connectivity index (χ3v) is 2.86. The molecule has 0 aliphatic carbocycles. The highest BCUT2D eigenvalue weighted by molar-refractivity contribution is 9.10. The Balaban J connectivity index is 2.85. The van der Waals surface area contributed by atoms with E-state index in [2.05, 4.69) is 22.9 Å². The van der Waals surface area contributed by atoms with Crippen LogP contribution in [0.15, 0.2) is 22.7 Å². The van der Waals surface area contributed by atoms with Crippen LogP contribution in [0.4, 0.5) is 0 Å². The van der Waals surface area contributed by atoms with Gasteiger partial charge >= 0.3 is 5.97 Å². The summed E-state index contributed by atoms with van der Waals surface area (Å²) < 4.78 is 6.44. The second kappa shape index (κ2) is 5.89. The number of halogens is 1. The fourth-order valence-electron chi connectivity index (χ4n) is 1.41. The Morgan fingerprint density at radius 1 is 1.56 bits per heavy atom. The molecule has 88 valence electrons. The molecule has 0 aromatic heterocycles. The van der Waals surface area contributed by atoms with Crippen molar-refractivity contribution in [3.63, 3.8) is 0 Å². The number of hydrogen-bond acceptors (Lipinski definition) is 2. The van der Waals surface area contributed by atoms with Gasteiger partial charge in [-0.05, 0) is 47.5 Å². The topological polar surface area (TPSA) is 46.5 Å². The van der Waals surface area contributed by atoms with Gasteiger partial charge in [-0.15, -0.1) is 0 Å². The van der Waals surface area contributed by atoms with E-state index in [4.69, 9.17) is 9.84 Å². The summed E-state index contributed by atoms with van der Waals surface area (Å²) in [5.74, 6) is -0.360. The minimum absolute atomic E-state index is 0.0883. The van der Waals surface area contributed by atoms with Crippen LogP contribution >= 0.6 is 15.9 Å². The van der Waals surface area contributed by atoms with E-state index in [0.29, 0.717) is 5.75 Å². The summed E-state index contributed by atoms with van der Waals surface area (Å²) in [6.45, 7) is 4.06. The molecule has 1 aromatic rings. The van der Waals surface area contributed by atoms with Crippen LogP contribution in [0.1, 0.15) is 37.0 Å². The van der Waals surface area contributed by atoms with E-state index in [1.54, 1.807) is 18.2 Å². The maximum atomic E-state index is 10.8. The number of carboxylic acid groups (broad SMARTS) is 1. The fourth-order valence-corrected chi connectivity index (χ4v) is 1.75. The maximum Gasteiger partial charge on any atom is 0.335 e. The van der Waals surface area contributed by atoms with Crippen molar-refractivity contribution in [1.29, 1.82) is 0 Å². The van der Waals surface area contributed by atoms with E-state index in [0.717, 1.165) is 17.3 Å². The van der Waals surface area contributed by atoms with E-state index < -0.39 is 5.97 Å². The molecular weight excluding hydrogens is 272 g/mol. The summed E-state index contributed by atoms with van der Waals surface area (Å²) in [6, 6.07) is 4.78. The molecule has 0 fully saturated rings. The molecule has 0 radical (unpaired) electrons. The summed E-state index contributed by atoms with van der Waals surface area (Å²) in [5, 5.41) is 8.87. The van der Waals surface area contributed by atoms with E-state index >= 15 is 0 Å². The van der Waals surface area contributed by atoms with Crippen LogP contribution in [0.5, 0.6) is 5.75 Å². The van der Waals surface area contributed by atoms with Crippen LogP contribution in [-0.2, 0) is 0 Å². The summed E-state index contributed by atoms with van der Waals surface area (Å²) in [7, 11) is 0. The van der Waals surface area contributed by atoms with Crippen LogP contribution in [0.2, 0.25) is 0 Å². The highest BCUT2D eigenvalue weighted by Crippen LogP contribution is 2.27. The van der Waals surface area contributed by atoms with Gasteiger partial charge in [0.25, 0.3) is 0 Å². The number of carbonyl (C=O) groups is 1. The SMILES string of the molecule is CCCC(C)Oc1cc(C(=O)O)ccc1Br. The quantitative estimate of drug-likeness (QED) is 0.897. The second-order valence-electron chi connectivity index (χ2n) is 3.67. The first kappa shape index (κ1) is 13.0. The normalized spacial score (nSPS) is 12.2. The van der Waals surface area contributed by atoms with Crippen molar-refractivity contribution in [1.82, 2.24) is 0 Å². The Morgan fingerprint density at radius 2 is 2.25 bits per heavy atom. The molecule has 16 heavy (non-hydrogen) atoms. The van der Waals surface area contributed by atoms with E-state index in [9.17, 15) is 4.79 Å². The van der Waals surface area contributed by atoms with E-state index in [1.165, 1.54) is 0 Å². The van der Waals surface area contributed by atoms with Gasteiger partial charge in [-0.1, -0.05) is 13.3 Å². The fraction of sp³-hybridized carbons (Fsp3) is 0.417. The van der Waals surface area contributed by atoms with Crippen molar-refractivity contribution in [2.45, 2.75) is 32.8 Å². The molecule has 0 spiro atoms. The van der Waals surface area contributed by atoms with Crippen molar-refractivity contribution in [3.8, 4) is 5.75 Å². The van der Waals surface area contributed by atoms with Crippen molar-refractivity contribution < 1.29 is 14.6 Å². The zero-order chi connectivity index (χ0) is 12.1. The molecule has 0 heterocycles. The van der Waals surface area contributed by atoms with Crippen LogP contribution < -0.4 is 4.74 Å². The number of hydrogen-bond donors (Lipinski definition) is 1. The Morgan fingerprint density at radius 3 is 2.81 bits per heavy atom. The molecule has 1 aromatic carbocycles. The number of carboxylic acids is 1. The predicted molar refractivity (Wildman–Crippen MR) is 66.1 cm³/mol. The average molecular weight is 287 g/mol. The van der Waals surface area contributed by atoms with E-state index in [-0.39, 0.29) is 11.7 Å². The number of rotatable bonds is 5. The van der Waals surface area contributed by atoms with Gasteiger partial charge in [0.15, 0.2) is 0 Å². The van der Waals surface area contributed by atoms with Crippen LogP contribution in [-0.4, -0.2) is 17.2 Å². The third-order valence-electron chi connectivity index (χ3n) is 2.20. The molecule has 4 heteroatoms. The molecule has 3 nitrogen and oxygen atoms in total. The smallest absolute Gasteiger partial charge is 0.335 e. The lowest BCUT2D eigenvalue weighted by atomic mass is 10.2. The third kappa shape index (κ3) is 3.52. The Kier molecular flexibility index (Phi) is 4.80. The Hall–Kier alpha value is -1.03. The van der Waals surface area contributed by atoms with Crippen molar-refractivity contribution in [2.24, 2.45) is 0 Å². The van der Waals surface area contributed by atoms with E-state index in [1.807, 2.05) is 6.92 Å². The average Bonchev–Trinajstić information content (AvgIpc) is 2.21. The first-order valence-electron chi connectivity index (χ1n) is 5.24. The molecule has 0 aliphatic rings. The van der Waals surface area contributed by atoms with Crippen molar-refractivity contribution >= 4 is 21.9 Å². The van der Waals surface area contributed by atoms with Gasteiger partial charge in [-0.3, -0.25) is 0 Å². The molecule has 0 saturated carbocycles. The zero-order valence-electron chi connectivity index (χ0n) is 9.37. The summed E-state index contributed by atoms with van der Waals surface area (Å²) in [5.41, 5.74) is 0.238. The molecule has 1 unspecified atom stereocenters. The molecule has 0 bridgehead atoms. The Bertz CT molecular complexity index is 377. The molecule has 1 atom stereocenters. The minimum Gasteiger partial charge on any atom is -0.490 e. The number of ether oxygens (including phenoxy) is 1. The van der Waals surface area contributed by atoms with Gasteiger partial charge in [-0.25, -0.2) is 4.79 Å². The highest BCUT2D eigenvalue weighted by Gasteiger charge is 2.10. The van der Waals surface area contributed by atoms with Crippen molar-refractivity contribution in [3.05, 3.63) is 28.2 Å². The predicted octanol–water partition coefficient (Wildman–Crippen LogP) is 3.71. The lowest BCUT2D eigenvalue weighted by Gasteiger charge is -2.15. The second-order valence-corrected chi connectivity index (χ2v) is 4.52. The van der Waals surface area contributed by atoms with Gasteiger partial charge in [0.05, 0.1) is 16.1 Å². The van der Waals surface area contributed by atoms with Gasteiger partial charge in [0, 0.05) is 0 Å². The van der Waals surface area contributed by atoms with Crippen LogP contribution in [0.25, 0.3) is 0 Å². The molecule has 1 rings (SSSR count). The van der Waals surface area contributed by atoms with Crippen LogP contribution in [0, 0.1) is 0 Å². The summed E-state index contributed by atoms with van der Waals surface area (Å²) in [4.78, 5) is 10.8. The lowest BCUT2D eigenvalue weighted by Crippen LogP contribution is -2.11. The molecule has 1 N–H and O–H groups in total. The standard InChI is InChI=1S/C12H15BrO3/c1-3-4-8(2)16-11-7-9(12(14)15)5-6-10(11)13/h5-8H,3-4H2,1-2H3,(H,14,15). The molecule has 0 aliphatic heterocycles. The summed E-state index contributed by atoms with van der Waals surface area (Å²) >= 11 is 3.34. The Labute approximate surface area is 104 Å². The first-order valence-corrected chi connectivity index (χ1v) is 6.03. The van der Waals surface area contributed by atoms with Gasteiger partial charge in [0.2, 0.25) is 0 Å². The van der Waals surface area contributed by atoms with Gasteiger partial charge in [-0.2, -0.15) is 0 Å². The van der Waals surface area contributed by atoms with Crippen LogP contribution in [0.3, 0.4) is 0 Å². The highest BCUT2D eigenvalue weighted by atomic mass is 79.9. The number of benzene rings is 1. The monoisotopic (exact) mass is 286 g/mol. The van der Waals surface area contributed by atoms with Gasteiger partial charge < -0.3 is 9.84 Å². The molecule has 0 saturated heterocycles. The minimum atomic E-state index is -0.944. The maximum absolute atomic E-state index is 10.8. The van der Waals surface area contributed by atoms with Gasteiger partial charge in [0.1, 0.15) is 5.75 Å². The molecule has 0 amide bonds. The first-order chi connectivity index (χ1) is 7.54. The number of aromatic carboxylic acids is 1. The lowest BCUT2D eigenvalue weighted by molar-refractivity contribution is 0.0696. The largest absolute Gasteiger partial charge is 0.490 e. The summed E-state index contributed by atoms with van der Waals surface area (Å²) in [6.07, 6.45) is 2.08. The molecular formula is C12H15BrO3. The zero-order valence-corrected chi connectivity index (χ0v) is 11.0.